The topological polar surface area (TPSA) is 52.1 Å². The Morgan fingerprint density at radius 1 is 1.18 bits per heavy atom. The van der Waals surface area contributed by atoms with Crippen LogP contribution in [0, 0.1) is 0 Å². The third-order valence-corrected chi connectivity index (χ3v) is 2.74. The quantitative estimate of drug-likeness (QED) is 0.694. The molecule has 0 aliphatic heterocycles. The second-order valence-electron chi connectivity index (χ2n) is 3.86. The Balaban J connectivity index is 2.49. The van der Waals surface area contributed by atoms with Crippen molar-refractivity contribution in [3.63, 3.8) is 0 Å². The number of hydrogen-bond donors (Lipinski definition) is 0. The van der Waals surface area contributed by atoms with Crippen LogP contribution in [0.1, 0.15) is 6.42 Å². The third kappa shape index (κ3) is 1.58. The summed E-state index contributed by atoms with van der Waals surface area (Å²) in [5, 5.41) is 1.27. The van der Waals surface area contributed by atoms with E-state index in [9.17, 15) is 4.79 Å². The van der Waals surface area contributed by atoms with E-state index in [2.05, 4.69) is 9.97 Å². The van der Waals surface area contributed by atoms with Crippen LogP contribution >= 0.6 is 0 Å². The van der Waals surface area contributed by atoms with Crippen molar-refractivity contribution >= 4 is 28.7 Å². The van der Waals surface area contributed by atoms with E-state index in [1.165, 1.54) is 6.08 Å². The first-order valence-corrected chi connectivity index (χ1v) is 5.32. The molecule has 84 valence electrons. The van der Waals surface area contributed by atoms with Crippen LogP contribution < -0.4 is 10.7 Å². The molecule has 1 aliphatic rings. The van der Waals surface area contributed by atoms with Crippen LogP contribution in [-0.4, -0.2) is 22.9 Å². The van der Waals surface area contributed by atoms with Crippen molar-refractivity contribution in [2.45, 2.75) is 6.42 Å². The molecule has 0 spiro atoms. The average Bonchev–Trinajstić information content (AvgIpc) is 2.35. The van der Waals surface area contributed by atoms with Gasteiger partial charge in [-0.25, -0.2) is 9.97 Å². The van der Waals surface area contributed by atoms with E-state index in [1.54, 1.807) is 7.11 Å². The predicted octanol–water partition coefficient (Wildman–Crippen LogP) is 0.138. The van der Waals surface area contributed by atoms with Crippen LogP contribution in [-0.2, 0) is 9.53 Å². The number of rotatable bonds is 1. The molecule has 1 aromatic heterocycles. The Morgan fingerprint density at radius 2 is 1.88 bits per heavy atom. The normalized spacial score (nSPS) is 14.4. The van der Waals surface area contributed by atoms with E-state index in [1.807, 2.05) is 24.3 Å². The molecule has 1 aliphatic carbocycles. The summed E-state index contributed by atoms with van der Waals surface area (Å²) in [5.41, 5.74) is 1.59. The van der Waals surface area contributed by atoms with Gasteiger partial charge in [0.15, 0.2) is 5.78 Å². The highest BCUT2D eigenvalue weighted by Gasteiger charge is 2.13. The average molecular weight is 226 g/mol. The fraction of sp³-hybridized carbons (Fsp3) is 0.154. The predicted molar refractivity (Wildman–Crippen MR) is 63.3 cm³/mol. The molecule has 0 amide bonds. The van der Waals surface area contributed by atoms with Crippen molar-refractivity contribution < 1.29 is 9.53 Å². The lowest BCUT2D eigenvalue weighted by Crippen LogP contribution is -2.38. The Morgan fingerprint density at radius 3 is 2.59 bits per heavy atom. The van der Waals surface area contributed by atoms with E-state index in [-0.39, 0.29) is 12.2 Å². The third-order valence-electron chi connectivity index (χ3n) is 2.74. The first-order chi connectivity index (χ1) is 8.28. The van der Waals surface area contributed by atoms with Crippen LogP contribution in [0.2, 0.25) is 0 Å². The number of ketones is 1. The maximum Gasteiger partial charge on any atom is 0.165 e. The summed E-state index contributed by atoms with van der Waals surface area (Å²) in [6, 6.07) is 7.58. The Hall–Kier alpha value is -2.23. The second kappa shape index (κ2) is 3.66. The molecule has 0 radical (unpaired) electrons. The summed E-state index contributed by atoms with van der Waals surface area (Å²) < 4.78 is 5.21. The fourth-order valence-electron chi connectivity index (χ4n) is 1.93. The molecular weight excluding hydrogens is 216 g/mol. The molecule has 0 N–H and O–H groups in total. The Labute approximate surface area is 97.3 Å². The number of para-hydroxylation sites is 2. The lowest BCUT2D eigenvalue weighted by molar-refractivity contribution is -0.112. The van der Waals surface area contributed by atoms with Gasteiger partial charge in [0.05, 0.1) is 29.9 Å². The highest BCUT2D eigenvalue weighted by molar-refractivity contribution is 6.09. The minimum Gasteiger partial charge on any atom is -0.498 e. The van der Waals surface area contributed by atoms with Gasteiger partial charge in [-0.2, -0.15) is 0 Å². The zero-order chi connectivity index (χ0) is 11.8. The van der Waals surface area contributed by atoms with Crippen molar-refractivity contribution in [3.8, 4) is 0 Å². The van der Waals surface area contributed by atoms with Crippen molar-refractivity contribution in [1.29, 1.82) is 0 Å². The molecule has 2 aromatic rings. The maximum absolute atomic E-state index is 11.5. The second-order valence-corrected chi connectivity index (χ2v) is 3.86. The summed E-state index contributed by atoms with van der Waals surface area (Å²) in [6.45, 7) is 0. The molecule has 0 atom stereocenters. The monoisotopic (exact) mass is 226 g/mol. The van der Waals surface area contributed by atoms with E-state index in [0.717, 1.165) is 11.0 Å². The highest BCUT2D eigenvalue weighted by Crippen LogP contribution is 2.07. The molecule has 0 saturated heterocycles. The van der Waals surface area contributed by atoms with Crippen molar-refractivity contribution in [2.24, 2.45) is 0 Å². The first kappa shape index (κ1) is 9.96. The number of benzene rings is 1. The van der Waals surface area contributed by atoms with Crippen LogP contribution in [0.3, 0.4) is 0 Å². The molecule has 4 nitrogen and oxygen atoms in total. The van der Waals surface area contributed by atoms with Crippen LogP contribution in [0.25, 0.3) is 22.9 Å². The van der Waals surface area contributed by atoms with Gasteiger partial charge in [0.25, 0.3) is 0 Å². The number of nitrogens with zero attached hydrogens (tertiary/aromatic N) is 2. The van der Waals surface area contributed by atoms with Gasteiger partial charge in [0.1, 0.15) is 11.1 Å². The number of hydrogen-bond acceptors (Lipinski definition) is 4. The molecular formula is C13H10N2O2. The molecule has 17 heavy (non-hydrogen) atoms. The van der Waals surface area contributed by atoms with Gasteiger partial charge in [0, 0.05) is 6.08 Å². The van der Waals surface area contributed by atoms with Gasteiger partial charge in [-0.3, -0.25) is 4.79 Å². The number of aromatic nitrogens is 2. The molecule has 3 rings (SSSR count). The van der Waals surface area contributed by atoms with Crippen LogP contribution in [0.4, 0.5) is 0 Å². The van der Waals surface area contributed by atoms with Crippen LogP contribution in [0.15, 0.2) is 24.3 Å². The van der Waals surface area contributed by atoms with Crippen molar-refractivity contribution in [1.82, 2.24) is 9.97 Å². The molecule has 0 saturated carbocycles. The first-order valence-electron chi connectivity index (χ1n) is 5.32. The Kier molecular flexibility index (Phi) is 2.14. The molecule has 0 bridgehead atoms. The number of Topliss-reactive ketones (excluding diaryl/α,β-unsaturated/α-hetero) is 1. The van der Waals surface area contributed by atoms with Gasteiger partial charge >= 0.3 is 0 Å². The van der Waals surface area contributed by atoms with Crippen LogP contribution in [0.5, 0.6) is 0 Å². The number of ether oxygens (including phenoxy) is 1. The summed E-state index contributed by atoms with van der Waals surface area (Å²) in [5.74, 6) is 0.588. The van der Waals surface area contributed by atoms with Gasteiger partial charge < -0.3 is 4.74 Å². The molecule has 0 unspecified atom stereocenters. The number of fused-ring (bicyclic) bond motifs is 2. The lowest BCUT2D eigenvalue weighted by atomic mass is 10.1. The van der Waals surface area contributed by atoms with E-state index in [0.29, 0.717) is 16.5 Å². The number of carbonyl (C=O) groups is 1. The number of carbonyl (C=O) groups excluding carboxylic acids is 1. The largest absolute Gasteiger partial charge is 0.498 e. The lowest BCUT2D eigenvalue weighted by Gasteiger charge is -2.08. The van der Waals surface area contributed by atoms with E-state index in [4.69, 9.17) is 4.74 Å². The van der Waals surface area contributed by atoms with Gasteiger partial charge in [0.2, 0.25) is 0 Å². The standard InChI is InChI=1S/C13H10N2O2/c1-17-12-7-8(16)6-11-13(12)15-10-5-3-2-4-9(10)14-11/h2-6H,7H2,1H3. The number of methoxy groups -OCH3 is 1. The smallest absolute Gasteiger partial charge is 0.165 e. The highest BCUT2D eigenvalue weighted by atomic mass is 16.5. The van der Waals surface area contributed by atoms with Gasteiger partial charge in [-0.1, -0.05) is 12.1 Å². The fourth-order valence-corrected chi connectivity index (χ4v) is 1.93. The zero-order valence-corrected chi connectivity index (χ0v) is 9.30. The summed E-state index contributed by atoms with van der Waals surface area (Å²) in [4.78, 5) is 20.4. The summed E-state index contributed by atoms with van der Waals surface area (Å²) in [6.07, 6.45) is 1.79. The molecule has 4 heteroatoms. The summed E-state index contributed by atoms with van der Waals surface area (Å²) >= 11 is 0. The Bertz CT molecular complexity index is 735. The van der Waals surface area contributed by atoms with Gasteiger partial charge in [-0.05, 0) is 12.1 Å². The molecule has 1 heterocycles. The van der Waals surface area contributed by atoms with E-state index >= 15 is 0 Å². The summed E-state index contributed by atoms with van der Waals surface area (Å²) in [7, 11) is 1.55. The van der Waals surface area contributed by atoms with Crippen molar-refractivity contribution in [2.75, 3.05) is 7.11 Å². The van der Waals surface area contributed by atoms with Gasteiger partial charge in [-0.15, -0.1) is 0 Å². The minimum atomic E-state index is -0.000990. The van der Waals surface area contributed by atoms with Crippen molar-refractivity contribution in [3.05, 3.63) is 35.0 Å². The molecule has 1 aromatic carbocycles. The SMILES string of the molecule is COC1=c2nc3ccccc3nc2=CC(=O)C1. The molecule has 0 fully saturated rings. The zero-order valence-electron chi connectivity index (χ0n) is 9.30. The maximum atomic E-state index is 11.5. The van der Waals surface area contributed by atoms with E-state index < -0.39 is 0 Å². The minimum absolute atomic E-state index is 0.000990.